The molecule has 0 saturated carbocycles. The number of ether oxygens (including phenoxy) is 1. The predicted octanol–water partition coefficient (Wildman–Crippen LogP) is 2.10. The van der Waals surface area contributed by atoms with Crippen LogP contribution in [0.3, 0.4) is 0 Å². The molecule has 0 fully saturated rings. The van der Waals surface area contributed by atoms with Crippen LogP contribution >= 0.6 is 11.6 Å². The molecule has 0 aliphatic rings. The zero-order chi connectivity index (χ0) is 11.5. The Labute approximate surface area is 96.8 Å². The van der Waals surface area contributed by atoms with E-state index in [1.54, 1.807) is 31.4 Å². The number of rotatable bonds is 2. The van der Waals surface area contributed by atoms with E-state index in [0.717, 1.165) is 11.3 Å². The van der Waals surface area contributed by atoms with Gasteiger partial charge in [-0.05, 0) is 23.8 Å². The number of nitrogens with zero attached hydrogens (tertiary/aromatic N) is 1. The lowest BCUT2D eigenvalue weighted by atomic mass is 10.1. The minimum absolute atomic E-state index is 0.255. The lowest BCUT2D eigenvalue weighted by Crippen LogP contribution is -2.10. The molecule has 82 valence electrons. The molecule has 5 heteroatoms. The third-order valence-electron chi connectivity index (χ3n) is 2.17. The largest absolute Gasteiger partial charge is 0.497 e. The summed E-state index contributed by atoms with van der Waals surface area (Å²) >= 11 is 5.72. The van der Waals surface area contributed by atoms with E-state index in [1.165, 1.54) is 6.07 Å². The number of methoxy groups -OCH3 is 1. The number of halogens is 1. The third-order valence-corrected chi connectivity index (χ3v) is 2.37. The number of H-pyrrole nitrogens is 1. The average Bonchev–Trinajstić information content (AvgIpc) is 2.32. The summed E-state index contributed by atoms with van der Waals surface area (Å²) in [5.74, 6) is 0.736. The molecule has 0 atom stereocenters. The van der Waals surface area contributed by atoms with Gasteiger partial charge in [0.2, 0.25) is 0 Å². The minimum atomic E-state index is -0.269. The van der Waals surface area contributed by atoms with Gasteiger partial charge in [0, 0.05) is 0 Å². The number of nitrogens with one attached hydrogen (secondary N) is 1. The highest BCUT2D eigenvalue weighted by atomic mass is 35.5. The second-order valence-electron chi connectivity index (χ2n) is 3.16. The SMILES string of the molecule is COc1ccc(-c2cc(Cl)n[nH]c2=O)cc1. The van der Waals surface area contributed by atoms with Gasteiger partial charge < -0.3 is 4.74 Å². The Morgan fingerprint density at radius 2 is 2.00 bits per heavy atom. The van der Waals surface area contributed by atoms with Gasteiger partial charge in [-0.15, -0.1) is 0 Å². The fraction of sp³-hybridized carbons (Fsp3) is 0.0909. The van der Waals surface area contributed by atoms with Crippen molar-refractivity contribution in [1.82, 2.24) is 10.2 Å². The highest BCUT2D eigenvalue weighted by Crippen LogP contribution is 2.20. The number of benzene rings is 1. The van der Waals surface area contributed by atoms with Gasteiger partial charge in [0.1, 0.15) is 10.9 Å². The molecule has 1 N–H and O–H groups in total. The summed E-state index contributed by atoms with van der Waals surface area (Å²) in [4.78, 5) is 11.5. The Morgan fingerprint density at radius 3 is 2.62 bits per heavy atom. The molecule has 2 aromatic rings. The summed E-state index contributed by atoms with van der Waals surface area (Å²) < 4.78 is 5.03. The summed E-state index contributed by atoms with van der Waals surface area (Å²) in [6.45, 7) is 0. The Balaban J connectivity index is 2.50. The summed E-state index contributed by atoms with van der Waals surface area (Å²) in [5.41, 5.74) is 0.989. The van der Waals surface area contributed by atoms with Crippen LogP contribution in [0.15, 0.2) is 35.1 Å². The van der Waals surface area contributed by atoms with Gasteiger partial charge in [0.25, 0.3) is 5.56 Å². The van der Waals surface area contributed by atoms with E-state index in [1.807, 2.05) is 0 Å². The maximum atomic E-state index is 11.5. The Kier molecular flexibility index (Phi) is 2.92. The first-order valence-electron chi connectivity index (χ1n) is 4.60. The molecule has 0 amide bonds. The van der Waals surface area contributed by atoms with Gasteiger partial charge in [-0.25, -0.2) is 5.10 Å². The van der Waals surface area contributed by atoms with E-state index in [-0.39, 0.29) is 10.7 Å². The molecule has 0 spiro atoms. The smallest absolute Gasteiger partial charge is 0.272 e. The molecule has 1 aromatic carbocycles. The number of hydrogen-bond acceptors (Lipinski definition) is 3. The molecule has 2 rings (SSSR count). The molecular formula is C11H9ClN2O2. The van der Waals surface area contributed by atoms with E-state index in [9.17, 15) is 4.79 Å². The van der Waals surface area contributed by atoms with Gasteiger partial charge in [-0.3, -0.25) is 4.79 Å². The van der Waals surface area contributed by atoms with Gasteiger partial charge >= 0.3 is 0 Å². The first kappa shape index (κ1) is 10.7. The fourth-order valence-electron chi connectivity index (χ4n) is 1.37. The monoisotopic (exact) mass is 236 g/mol. The van der Waals surface area contributed by atoms with Gasteiger partial charge in [0.05, 0.1) is 12.7 Å². The second kappa shape index (κ2) is 4.37. The van der Waals surface area contributed by atoms with Crippen LogP contribution in [-0.2, 0) is 0 Å². The maximum absolute atomic E-state index is 11.5. The topological polar surface area (TPSA) is 55.0 Å². The van der Waals surface area contributed by atoms with Crippen molar-refractivity contribution in [3.05, 3.63) is 45.8 Å². The fourth-order valence-corrected chi connectivity index (χ4v) is 1.52. The molecule has 0 bridgehead atoms. The number of hydrogen-bond donors (Lipinski definition) is 1. The Hall–Kier alpha value is -1.81. The quantitative estimate of drug-likeness (QED) is 0.869. The first-order chi connectivity index (χ1) is 7.70. The molecule has 1 heterocycles. The van der Waals surface area contributed by atoms with Crippen molar-refractivity contribution in [2.24, 2.45) is 0 Å². The predicted molar refractivity (Wildman–Crippen MR) is 61.9 cm³/mol. The summed E-state index contributed by atoms with van der Waals surface area (Å²) in [7, 11) is 1.59. The second-order valence-corrected chi connectivity index (χ2v) is 3.55. The Morgan fingerprint density at radius 1 is 1.31 bits per heavy atom. The highest BCUT2D eigenvalue weighted by Gasteiger charge is 2.04. The van der Waals surface area contributed by atoms with Crippen molar-refractivity contribution in [3.63, 3.8) is 0 Å². The van der Waals surface area contributed by atoms with Gasteiger partial charge in [0.15, 0.2) is 0 Å². The van der Waals surface area contributed by atoms with E-state index in [2.05, 4.69) is 10.2 Å². The zero-order valence-corrected chi connectivity index (χ0v) is 9.28. The van der Waals surface area contributed by atoms with E-state index < -0.39 is 0 Å². The van der Waals surface area contributed by atoms with E-state index in [4.69, 9.17) is 16.3 Å². The van der Waals surface area contributed by atoms with E-state index in [0.29, 0.717) is 5.56 Å². The van der Waals surface area contributed by atoms with Crippen LogP contribution < -0.4 is 10.3 Å². The van der Waals surface area contributed by atoms with Gasteiger partial charge in [-0.2, -0.15) is 5.10 Å². The summed E-state index contributed by atoms with van der Waals surface area (Å²) in [6.07, 6.45) is 0. The maximum Gasteiger partial charge on any atom is 0.272 e. The number of aromatic nitrogens is 2. The van der Waals surface area contributed by atoms with Crippen LogP contribution in [0.25, 0.3) is 11.1 Å². The van der Waals surface area contributed by atoms with Crippen LogP contribution in [-0.4, -0.2) is 17.3 Å². The highest BCUT2D eigenvalue weighted by molar-refractivity contribution is 6.29. The lowest BCUT2D eigenvalue weighted by Gasteiger charge is -2.02. The van der Waals surface area contributed by atoms with Crippen LogP contribution in [0, 0.1) is 0 Å². The summed E-state index contributed by atoms with van der Waals surface area (Å²) in [6, 6.07) is 8.67. The zero-order valence-electron chi connectivity index (χ0n) is 8.53. The van der Waals surface area contributed by atoms with Crippen LogP contribution in [0.5, 0.6) is 5.75 Å². The molecule has 0 aliphatic carbocycles. The molecule has 0 saturated heterocycles. The molecule has 16 heavy (non-hydrogen) atoms. The third kappa shape index (κ3) is 2.06. The molecule has 1 aromatic heterocycles. The standard InChI is InChI=1S/C11H9ClN2O2/c1-16-8-4-2-7(3-5-8)9-6-10(12)13-14-11(9)15/h2-6H,1H3,(H,14,15). The van der Waals surface area contributed by atoms with Crippen molar-refractivity contribution in [2.75, 3.05) is 7.11 Å². The summed E-state index contributed by atoms with van der Waals surface area (Å²) in [5, 5.41) is 6.18. The normalized spacial score (nSPS) is 10.1. The molecule has 0 aliphatic heterocycles. The van der Waals surface area contributed by atoms with Crippen molar-refractivity contribution in [1.29, 1.82) is 0 Å². The van der Waals surface area contributed by atoms with Crippen molar-refractivity contribution in [2.45, 2.75) is 0 Å². The molecule has 0 unspecified atom stereocenters. The average molecular weight is 237 g/mol. The minimum Gasteiger partial charge on any atom is -0.497 e. The molecule has 0 radical (unpaired) electrons. The Bertz CT molecular complexity index is 549. The van der Waals surface area contributed by atoms with Crippen molar-refractivity contribution < 1.29 is 4.74 Å². The van der Waals surface area contributed by atoms with Gasteiger partial charge in [-0.1, -0.05) is 23.7 Å². The molecular weight excluding hydrogens is 228 g/mol. The molecule has 4 nitrogen and oxygen atoms in total. The van der Waals surface area contributed by atoms with Crippen LogP contribution in [0.1, 0.15) is 0 Å². The first-order valence-corrected chi connectivity index (χ1v) is 4.98. The lowest BCUT2D eigenvalue weighted by molar-refractivity contribution is 0.415. The van der Waals surface area contributed by atoms with Crippen LogP contribution in [0.4, 0.5) is 0 Å². The van der Waals surface area contributed by atoms with Crippen LogP contribution in [0.2, 0.25) is 5.15 Å². The van der Waals surface area contributed by atoms with E-state index >= 15 is 0 Å². The number of aromatic amines is 1. The van der Waals surface area contributed by atoms with Crippen molar-refractivity contribution in [3.8, 4) is 16.9 Å². The van der Waals surface area contributed by atoms with Crippen molar-refractivity contribution >= 4 is 11.6 Å².